The fourth-order valence-electron chi connectivity index (χ4n) is 1.57. The summed E-state index contributed by atoms with van der Waals surface area (Å²) in [7, 11) is 0. The van der Waals surface area contributed by atoms with E-state index >= 15 is 0 Å². The fourth-order valence-corrected chi connectivity index (χ4v) is 1.77. The van der Waals surface area contributed by atoms with Gasteiger partial charge in [-0.15, -0.1) is 0 Å². The van der Waals surface area contributed by atoms with Gasteiger partial charge in [-0.2, -0.15) is 0 Å². The maximum atomic E-state index is 11.8. The molecular weight excluding hydrogens is 252 g/mol. The quantitative estimate of drug-likeness (QED) is 0.878. The van der Waals surface area contributed by atoms with Crippen LogP contribution in [0.5, 0.6) is 0 Å². The molecule has 0 bridgehead atoms. The van der Waals surface area contributed by atoms with Crippen LogP contribution < -0.4 is 10.6 Å². The summed E-state index contributed by atoms with van der Waals surface area (Å²) in [6.45, 7) is 4.88. The predicted octanol–water partition coefficient (Wildman–Crippen LogP) is 2.04. The molecule has 0 aromatic heterocycles. The van der Waals surface area contributed by atoms with Crippen LogP contribution in [-0.2, 0) is 9.59 Å². The van der Waals surface area contributed by atoms with Crippen molar-refractivity contribution >= 4 is 23.4 Å². The first kappa shape index (κ1) is 14.5. The van der Waals surface area contributed by atoms with Crippen LogP contribution in [0.4, 0.5) is 0 Å². The highest BCUT2D eigenvalue weighted by molar-refractivity contribution is 6.30. The van der Waals surface area contributed by atoms with E-state index in [1.54, 1.807) is 19.1 Å². The topological polar surface area (TPSA) is 58.2 Å². The molecule has 1 rings (SSSR count). The van der Waals surface area contributed by atoms with Crippen molar-refractivity contribution in [1.82, 2.24) is 10.6 Å². The lowest BCUT2D eigenvalue weighted by atomic mass is 10.1. The second-order valence-corrected chi connectivity index (χ2v) is 4.64. The maximum absolute atomic E-state index is 11.8. The number of carbonyl (C=O) groups excluding carboxylic acids is 2. The summed E-state index contributed by atoms with van der Waals surface area (Å²) in [6, 6.07) is 6.59. The van der Waals surface area contributed by atoms with Crippen LogP contribution in [0.2, 0.25) is 5.02 Å². The molecule has 0 saturated heterocycles. The van der Waals surface area contributed by atoms with E-state index in [0.29, 0.717) is 5.02 Å². The molecule has 1 aromatic carbocycles. The molecule has 0 aliphatic rings. The Bertz CT molecular complexity index is 448. The van der Waals surface area contributed by atoms with E-state index in [2.05, 4.69) is 10.6 Å². The highest BCUT2D eigenvalue weighted by atomic mass is 35.5. The van der Waals surface area contributed by atoms with E-state index in [1.807, 2.05) is 19.1 Å². The summed E-state index contributed by atoms with van der Waals surface area (Å²) in [5, 5.41) is 5.98. The minimum atomic E-state index is -0.552. The number of hydrogen-bond donors (Lipinski definition) is 2. The summed E-state index contributed by atoms with van der Waals surface area (Å²) in [5.41, 5.74) is 0.922. The van der Waals surface area contributed by atoms with Crippen molar-refractivity contribution in [2.24, 2.45) is 0 Å². The third-order valence-corrected chi connectivity index (χ3v) is 2.76. The standard InChI is InChI=1S/C13H17ClN2O2/c1-8(11-5-4-6-12(14)7-11)16-13(18)9(2)15-10(3)17/h4-9H,1-3H3,(H,15,17)(H,16,18)/t8-,9+/m1/s1. The highest BCUT2D eigenvalue weighted by Gasteiger charge is 2.16. The van der Waals surface area contributed by atoms with Gasteiger partial charge in [-0.05, 0) is 31.5 Å². The van der Waals surface area contributed by atoms with Crippen LogP contribution >= 0.6 is 11.6 Å². The van der Waals surface area contributed by atoms with Crippen LogP contribution in [0, 0.1) is 0 Å². The SMILES string of the molecule is CC(=O)N[C@@H](C)C(=O)N[C@H](C)c1cccc(Cl)c1. The van der Waals surface area contributed by atoms with Gasteiger partial charge in [-0.25, -0.2) is 0 Å². The molecule has 1 aromatic rings. The monoisotopic (exact) mass is 268 g/mol. The molecule has 0 aliphatic heterocycles. The van der Waals surface area contributed by atoms with E-state index in [1.165, 1.54) is 6.92 Å². The lowest BCUT2D eigenvalue weighted by molar-refractivity contribution is -0.128. The van der Waals surface area contributed by atoms with Gasteiger partial charge in [-0.1, -0.05) is 23.7 Å². The summed E-state index contributed by atoms with van der Waals surface area (Å²) < 4.78 is 0. The first-order valence-corrected chi connectivity index (χ1v) is 6.11. The van der Waals surface area contributed by atoms with Crippen LogP contribution in [0.25, 0.3) is 0 Å². The molecule has 0 spiro atoms. The van der Waals surface area contributed by atoms with Crippen molar-refractivity contribution in [3.63, 3.8) is 0 Å². The van der Waals surface area contributed by atoms with Crippen LogP contribution in [-0.4, -0.2) is 17.9 Å². The third kappa shape index (κ3) is 4.37. The van der Waals surface area contributed by atoms with Crippen molar-refractivity contribution in [2.45, 2.75) is 32.9 Å². The number of hydrogen-bond acceptors (Lipinski definition) is 2. The molecule has 0 heterocycles. The fraction of sp³-hybridized carbons (Fsp3) is 0.385. The highest BCUT2D eigenvalue weighted by Crippen LogP contribution is 2.17. The molecule has 2 atom stereocenters. The van der Waals surface area contributed by atoms with Crippen molar-refractivity contribution in [1.29, 1.82) is 0 Å². The first-order valence-electron chi connectivity index (χ1n) is 5.73. The molecule has 0 fully saturated rings. The number of carbonyl (C=O) groups is 2. The summed E-state index contributed by atoms with van der Waals surface area (Å²) in [4.78, 5) is 22.6. The van der Waals surface area contributed by atoms with E-state index < -0.39 is 6.04 Å². The molecule has 2 amide bonds. The zero-order valence-electron chi connectivity index (χ0n) is 10.7. The minimum absolute atomic E-state index is 0.160. The Kier molecular flexibility index (Phi) is 5.16. The Morgan fingerprint density at radius 2 is 1.89 bits per heavy atom. The third-order valence-electron chi connectivity index (χ3n) is 2.52. The molecule has 0 radical (unpaired) electrons. The summed E-state index contributed by atoms with van der Waals surface area (Å²) in [5.74, 6) is -0.453. The number of rotatable bonds is 4. The van der Waals surface area contributed by atoms with Crippen molar-refractivity contribution in [2.75, 3.05) is 0 Å². The Balaban J connectivity index is 2.62. The Hall–Kier alpha value is -1.55. The van der Waals surface area contributed by atoms with Gasteiger partial charge >= 0.3 is 0 Å². The molecule has 0 unspecified atom stereocenters. The molecular formula is C13H17ClN2O2. The Morgan fingerprint density at radius 3 is 2.44 bits per heavy atom. The Labute approximate surface area is 112 Å². The van der Waals surface area contributed by atoms with Crippen molar-refractivity contribution in [3.05, 3.63) is 34.9 Å². The van der Waals surface area contributed by atoms with Gasteiger partial charge in [0.2, 0.25) is 11.8 Å². The van der Waals surface area contributed by atoms with E-state index in [0.717, 1.165) is 5.56 Å². The van der Waals surface area contributed by atoms with Gasteiger partial charge in [0.05, 0.1) is 6.04 Å². The second kappa shape index (κ2) is 6.40. The lowest BCUT2D eigenvalue weighted by Crippen LogP contribution is -2.44. The van der Waals surface area contributed by atoms with Gasteiger partial charge in [0.1, 0.15) is 6.04 Å². The first-order chi connectivity index (χ1) is 8.40. The normalized spacial score (nSPS) is 13.6. The van der Waals surface area contributed by atoms with E-state index in [4.69, 9.17) is 11.6 Å². The lowest BCUT2D eigenvalue weighted by Gasteiger charge is -2.18. The average molecular weight is 269 g/mol. The van der Waals surface area contributed by atoms with Gasteiger partial charge in [0.25, 0.3) is 0 Å². The van der Waals surface area contributed by atoms with E-state index in [-0.39, 0.29) is 17.9 Å². The molecule has 4 nitrogen and oxygen atoms in total. The van der Waals surface area contributed by atoms with Crippen LogP contribution in [0.3, 0.4) is 0 Å². The molecule has 0 aliphatic carbocycles. The van der Waals surface area contributed by atoms with Crippen molar-refractivity contribution in [3.8, 4) is 0 Å². The maximum Gasteiger partial charge on any atom is 0.242 e. The molecule has 2 N–H and O–H groups in total. The number of halogens is 1. The Morgan fingerprint density at radius 1 is 1.22 bits per heavy atom. The second-order valence-electron chi connectivity index (χ2n) is 4.21. The summed E-state index contributed by atoms with van der Waals surface area (Å²) in [6.07, 6.45) is 0. The largest absolute Gasteiger partial charge is 0.348 e. The molecule has 5 heteroatoms. The van der Waals surface area contributed by atoms with Gasteiger partial charge in [0, 0.05) is 11.9 Å². The average Bonchev–Trinajstić information content (AvgIpc) is 2.27. The molecule has 98 valence electrons. The molecule has 18 heavy (non-hydrogen) atoms. The van der Waals surface area contributed by atoms with E-state index in [9.17, 15) is 9.59 Å². The smallest absolute Gasteiger partial charge is 0.242 e. The van der Waals surface area contributed by atoms with Gasteiger partial charge in [0.15, 0.2) is 0 Å². The van der Waals surface area contributed by atoms with Gasteiger partial charge < -0.3 is 10.6 Å². The van der Waals surface area contributed by atoms with Crippen molar-refractivity contribution < 1.29 is 9.59 Å². The number of amides is 2. The number of benzene rings is 1. The minimum Gasteiger partial charge on any atom is -0.348 e. The molecule has 0 saturated carbocycles. The summed E-state index contributed by atoms with van der Waals surface area (Å²) >= 11 is 5.89. The van der Waals surface area contributed by atoms with Crippen LogP contribution in [0.15, 0.2) is 24.3 Å². The zero-order valence-corrected chi connectivity index (χ0v) is 11.4. The van der Waals surface area contributed by atoms with Crippen LogP contribution in [0.1, 0.15) is 32.4 Å². The van der Waals surface area contributed by atoms with Gasteiger partial charge in [-0.3, -0.25) is 9.59 Å². The predicted molar refractivity (Wildman–Crippen MR) is 71.3 cm³/mol. The zero-order chi connectivity index (χ0) is 13.7. The number of nitrogens with one attached hydrogen (secondary N) is 2.